The van der Waals surface area contributed by atoms with E-state index in [0.717, 1.165) is 20.6 Å². The fourth-order valence-electron chi connectivity index (χ4n) is 4.43. The van der Waals surface area contributed by atoms with Crippen molar-refractivity contribution >= 4 is 45.4 Å². The van der Waals surface area contributed by atoms with Crippen molar-refractivity contribution < 1.29 is 24.4 Å². The van der Waals surface area contributed by atoms with Gasteiger partial charge in [-0.05, 0) is 13.2 Å². The summed E-state index contributed by atoms with van der Waals surface area (Å²) in [4.78, 5) is 27.6. The van der Waals surface area contributed by atoms with E-state index in [9.17, 15) is 19.8 Å². The van der Waals surface area contributed by atoms with Crippen LogP contribution in [0.2, 0.25) is 0 Å². The number of aryl methyl sites for hydroxylation is 1. The minimum atomic E-state index is -1.35. The van der Waals surface area contributed by atoms with E-state index < -0.39 is 18.0 Å². The normalized spacial score (nSPS) is 25.9. The van der Waals surface area contributed by atoms with Crippen LogP contribution >= 0.6 is 23.1 Å². The minimum absolute atomic E-state index is 0.0494. The molecule has 4 atom stereocenters. The number of amides is 1. The monoisotopic (exact) mass is 407 g/mol. The van der Waals surface area contributed by atoms with E-state index in [-0.39, 0.29) is 23.6 Å². The van der Waals surface area contributed by atoms with E-state index in [1.54, 1.807) is 18.7 Å². The number of carboxylic acids is 1. The number of aromatic nitrogens is 2. The maximum Gasteiger partial charge on any atom is 0.259 e. The first kappa shape index (κ1) is 18.5. The largest absolute Gasteiger partial charge is 0.543 e. The molecule has 0 spiro atoms. The molecule has 0 unspecified atom stereocenters. The van der Waals surface area contributed by atoms with Crippen molar-refractivity contribution in [2.24, 2.45) is 18.9 Å². The molecule has 2 aromatic rings. The molecule has 1 amide bonds. The summed E-state index contributed by atoms with van der Waals surface area (Å²) in [6.07, 6.45) is 3.14. The molecule has 1 fully saturated rings. The van der Waals surface area contributed by atoms with Crippen LogP contribution in [0, 0.1) is 18.8 Å². The van der Waals surface area contributed by atoms with Gasteiger partial charge < -0.3 is 19.9 Å². The summed E-state index contributed by atoms with van der Waals surface area (Å²) in [5, 5.41) is 23.0. The first-order valence-electron chi connectivity index (χ1n) is 8.72. The molecule has 0 aliphatic carbocycles. The fraction of sp³-hybridized carbons (Fsp3) is 0.500. The summed E-state index contributed by atoms with van der Waals surface area (Å²) >= 11 is 3.16. The molecule has 1 saturated heterocycles. The summed E-state index contributed by atoms with van der Waals surface area (Å²) in [7, 11) is 2.00. The minimum Gasteiger partial charge on any atom is -0.543 e. The van der Waals surface area contributed by atoms with Gasteiger partial charge in [0, 0.05) is 18.4 Å². The van der Waals surface area contributed by atoms with Crippen molar-refractivity contribution in [3.05, 3.63) is 22.6 Å². The average Bonchev–Trinajstić information content (AvgIpc) is 3.18. The molecule has 2 aromatic heterocycles. The molecule has 0 aromatic carbocycles. The lowest BCUT2D eigenvalue weighted by Gasteiger charge is -2.47. The van der Waals surface area contributed by atoms with Crippen molar-refractivity contribution in [1.82, 2.24) is 9.30 Å². The maximum atomic E-state index is 12.5. The lowest BCUT2D eigenvalue weighted by Crippen LogP contribution is -2.64. The van der Waals surface area contributed by atoms with Gasteiger partial charge in [-0.3, -0.25) is 4.79 Å². The number of hydrogen-bond donors (Lipinski definition) is 1. The lowest BCUT2D eigenvalue weighted by molar-refractivity contribution is -0.711. The van der Waals surface area contributed by atoms with Crippen LogP contribution in [0.4, 0.5) is 0 Å². The number of hydrogen-bond acceptors (Lipinski definition) is 6. The number of aliphatic carboxylic acids is 1. The van der Waals surface area contributed by atoms with Crippen molar-refractivity contribution in [3.8, 4) is 0 Å². The number of carbonyl (C=O) groups is 2. The van der Waals surface area contributed by atoms with Crippen molar-refractivity contribution in [3.63, 3.8) is 0 Å². The van der Waals surface area contributed by atoms with Gasteiger partial charge in [-0.25, -0.2) is 4.57 Å². The van der Waals surface area contributed by atoms with E-state index in [2.05, 4.69) is 8.97 Å². The predicted molar refractivity (Wildman–Crippen MR) is 99.9 cm³/mol. The Bertz CT molecular complexity index is 1020. The number of carboxylic acid groups (broad SMARTS) is 1. The highest BCUT2D eigenvalue weighted by atomic mass is 32.2. The third-order valence-corrected chi connectivity index (χ3v) is 7.93. The van der Waals surface area contributed by atoms with Crippen LogP contribution in [0.15, 0.2) is 16.9 Å². The van der Waals surface area contributed by atoms with Crippen LogP contribution in [-0.4, -0.2) is 44.7 Å². The van der Waals surface area contributed by atoms with Gasteiger partial charge in [-0.2, -0.15) is 4.40 Å². The molecule has 9 heteroatoms. The van der Waals surface area contributed by atoms with Gasteiger partial charge in [-0.15, -0.1) is 0 Å². The molecule has 4 heterocycles. The van der Waals surface area contributed by atoms with E-state index in [0.29, 0.717) is 5.57 Å². The first-order chi connectivity index (χ1) is 12.7. The third kappa shape index (κ3) is 2.28. The molecule has 0 radical (unpaired) electrons. The molecular weight excluding hydrogens is 386 g/mol. The maximum absolute atomic E-state index is 12.5. The van der Waals surface area contributed by atoms with E-state index in [4.69, 9.17) is 0 Å². The van der Waals surface area contributed by atoms with Gasteiger partial charge >= 0.3 is 0 Å². The topological polar surface area (TPSA) is 89.0 Å². The van der Waals surface area contributed by atoms with E-state index in [1.807, 2.05) is 33.3 Å². The number of nitrogens with zero attached hydrogens (tertiary/aromatic N) is 3. The molecule has 27 heavy (non-hydrogen) atoms. The molecular formula is C18H21N3O4S2. The van der Waals surface area contributed by atoms with E-state index >= 15 is 0 Å². The first-order valence-corrected chi connectivity index (χ1v) is 10.8. The molecule has 2 aliphatic rings. The van der Waals surface area contributed by atoms with Crippen molar-refractivity contribution in [1.29, 1.82) is 0 Å². The molecule has 2 aliphatic heterocycles. The second-order valence-corrected chi connectivity index (χ2v) is 9.02. The number of thiazole rings is 1. The van der Waals surface area contributed by atoms with Crippen molar-refractivity contribution in [2.45, 2.75) is 37.9 Å². The molecule has 144 valence electrons. The van der Waals surface area contributed by atoms with Gasteiger partial charge in [0.25, 0.3) is 5.82 Å². The summed E-state index contributed by atoms with van der Waals surface area (Å²) in [5.41, 5.74) is 0.575. The number of imidazole rings is 1. The summed E-state index contributed by atoms with van der Waals surface area (Å²) in [6, 6.07) is -0.334. The molecule has 0 saturated carbocycles. The van der Waals surface area contributed by atoms with Crippen molar-refractivity contribution in [2.75, 3.05) is 6.26 Å². The van der Waals surface area contributed by atoms with E-state index in [1.165, 1.54) is 16.2 Å². The molecule has 7 nitrogen and oxygen atoms in total. The summed E-state index contributed by atoms with van der Waals surface area (Å²) < 4.78 is 4.16. The molecule has 4 rings (SSSR count). The number of carbonyl (C=O) groups excluding carboxylic acids is 2. The standard InChI is InChI=1S/C18H21N3O4S2/c1-7-11(10-6-20-9(3)19(4)16(26-5)17(20)27-10)14(18(24)25)21-13(7)12(8(2)22)15(21)23/h6-8,12-13,22H,1-5H3/t7-,8+,12+,13+/m0/s1. The second-order valence-electron chi connectivity index (χ2n) is 7.19. The lowest BCUT2D eigenvalue weighted by atomic mass is 9.77. The Kier molecular flexibility index (Phi) is 4.17. The van der Waals surface area contributed by atoms with Crippen LogP contribution in [0.1, 0.15) is 24.5 Å². The zero-order valence-electron chi connectivity index (χ0n) is 15.7. The fourth-order valence-corrected chi connectivity index (χ4v) is 6.75. The highest BCUT2D eigenvalue weighted by Crippen LogP contribution is 2.51. The highest BCUT2D eigenvalue weighted by molar-refractivity contribution is 7.98. The Labute approximate surface area is 164 Å². The van der Waals surface area contributed by atoms with Gasteiger partial charge in [0.15, 0.2) is 0 Å². The van der Waals surface area contributed by atoms with Crippen LogP contribution in [0.5, 0.6) is 0 Å². The average molecular weight is 408 g/mol. The van der Waals surface area contributed by atoms with Crippen LogP contribution in [-0.2, 0) is 16.6 Å². The summed E-state index contributed by atoms with van der Waals surface area (Å²) in [6.45, 7) is 5.50. The number of β-lactam (4-membered cyclic amide) rings is 1. The summed E-state index contributed by atoms with van der Waals surface area (Å²) in [5.74, 6) is -1.41. The second kappa shape index (κ2) is 6.08. The number of aliphatic hydroxyl groups is 1. The van der Waals surface area contributed by atoms with Gasteiger partial charge in [0.05, 0.1) is 41.7 Å². The number of thioether (sulfide) groups is 1. The van der Waals surface area contributed by atoms with Gasteiger partial charge in [0.2, 0.25) is 15.8 Å². The highest BCUT2D eigenvalue weighted by Gasteiger charge is 2.59. The molecule has 0 bridgehead atoms. The smallest absolute Gasteiger partial charge is 0.259 e. The number of rotatable bonds is 4. The van der Waals surface area contributed by atoms with Gasteiger partial charge in [-0.1, -0.05) is 30.0 Å². The SMILES string of the molecule is CSc1c2sc(C3=C(C(=O)[O-])N4C(=O)[C@H]([C@@H](C)O)[C@H]4[C@H]3C)cn2c(C)[n+]1C. The zero-order valence-corrected chi connectivity index (χ0v) is 17.3. The quantitative estimate of drug-likeness (QED) is 0.444. The van der Waals surface area contributed by atoms with Crippen LogP contribution in [0.3, 0.4) is 0 Å². The number of aliphatic hydroxyl groups excluding tert-OH is 1. The van der Waals surface area contributed by atoms with Crippen LogP contribution in [0.25, 0.3) is 10.4 Å². The third-order valence-electron chi connectivity index (χ3n) is 5.82. The number of fused-ring (bicyclic) bond motifs is 2. The Balaban J connectivity index is 1.89. The Hall–Kier alpha value is -1.84. The van der Waals surface area contributed by atoms with Crippen LogP contribution < -0.4 is 9.67 Å². The Morgan fingerprint density at radius 3 is 2.70 bits per heavy atom. The van der Waals surface area contributed by atoms with Gasteiger partial charge in [0.1, 0.15) is 6.20 Å². The molecule has 1 N–H and O–H groups in total. The Morgan fingerprint density at radius 1 is 1.48 bits per heavy atom. The predicted octanol–water partition coefficient (Wildman–Crippen LogP) is 0.174. The zero-order chi connectivity index (χ0) is 19.8. The Morgan fingerprint density at radius 2 is 2.15 bits per heavy atom.